The van der Waals surface area contributed by atoms with Crippen molar-refractivity contribution in [3.05, 3.63) is 65.7 Å². The van der Waals surface area contributed by atoms with Crippen molar-refractivity contribution in [1.82, 2.24) is 10.4 Å². The van der Waals surface area contributed by atoms with Gasteiger partial charge in [-0.05, 0) is 62.4 Å². The molecule has 0 radical (unpaired) electrons. The van der Waals surface area contributed by atoms with E-state index in [1.807, 2.05) is 6.07 Å². The molecule has 1 aliphatic carbocycles. The number of nitrogen functional groups attached to an aromatic ring is 1. The fraction of sp³-hybridized carbons (Fsp3) is 0.391. The molecule has 148 valence electrons. The number of aromatic hydroxyl groups is 1. The minimum absolute atomic E-state index is 0.00783. The molecular formula is C23H29N3O2. The number of phenolic OH excluding ortho intramolecular Hbond substituents is 1. The van der Waals surface area contributed by atoms with Gasteiger partial charge >= 0.3 is 0 Å². The zero-order valence-electron chi connectivity index (χ0n) is 16.3. The van der Waals surface area contributed by atoms with Crippen LogP contribution in [-0.4, -0.2) is 35.7 Å². The number of nitrogens with zero attached hydrogens (tertiary/aromatic N) is 1. The Kier molecular flexibility index (Phi) is 5.55. The third-order valence-electron chi connectivity index (χ3n) is 6.07. The smallest absolute Gasteiger partial charge is 0.139 e. The third kappa shape index (κ3) is 4.16. The van der Waals surface area contributed by atoms with E-state index in [9.17, 15) is 5.11 Å². The van der Waals surface area contributed by atoms with Crippen LogP contribution in [0.2, 0.25) is 0 Å². The van der Waals surface area contributed by atoms with Crippen molar-refractivity contribution in [1.29, 1.82) is 0 Å². The maximum absolute atomic E-state index is 9.82. The van der Waals surface area contributed by atoms with E-state index >= 15 is 0 Å². The van der Waals surface area contributed by atoms with Gasteiger partial charge in [0.2, 0.25) is 0 Å². The molecule has 0 bridgehead atoms. The van der Waals surface area contributed by atoms with Crippen LogP contribution in [-0.2, 0) is 4.84 Å². The Bertz CT molecular complexity index is 829. The Morgan fingerprint density at radius 1 is 1.11 bits per heavy atom. The molecule has 0 saturated heterocycles. The third-order valence-corrected chi connectivity index (χ3v) is 6.07. The Labute approximate surface area is 166 Å². The normalized spacial score (nSPS) is 24.8. The number of rotatable bonds is 5. The first-order valence-electron chi connectivity index (χ1n) is 10.1. The van der Waals surface area contributed by atoms with Crippen molar-refractivity contribution >= 4 is 11.4 Å². The first-order chi connectivity index (χ1) is 13.6. The Morgan fingerprint density at radius 3 is 2.57 bits per heavy atom. The monoisotopic (exact) mass is 379 g/mol. The van der Waals surface area contributed by atoms with Crippen molar-refractivity contribution in [2.24, 2.45) is 0 Å². The van der Waals surface area contributed by atoms with E-state index in [1.54, 1.807) is 12.1 Å². The lowest BCUT2D eigenvalue weighted by atomic mass is 9.81. The number of nitrogens with one attached hydrogen (secondary N) is 1. The first-order valence-corrected chi connectivity index (χ1v) is 10.1. The summed E-state index contributed by atoms with van der Waals surface area (Å²) >= 11 is 0. The van der Waals surface area contributed by atoms with Gasteiger partial charge in [-0.25, -0.2) is 0 Å². The predicted molar refractivity (Wildman–Crippen MR) is 113 cm³/mol. The molecule has 1 heterocycles. The molecule has 2 aromatic carbocycles. The minimum atomic E-state index is -0.00783. The van der Waals surface area contributed by atoms with Gasteiger partial charge in [-0.2, -0.15) is 0 Å². The van der Waals surface area contributed by atoms with E-state index in [4.69, 9.17) is 10.6 Å². The SMILES string of the molecule is CN(CC1C=C(c2ccc(N)c(O)c2)NO1)C1CCC(c2ccccc2)CC1. The molecule has 1 unspecified atom stereocenters. The van der Waals surface area contributed by atoms with Crippen LogP contribution in [0.1, 0.15) is 42.7 Å². The summed E-state index contributed by atoms with van der Waals surface area (Å²) in [6.07, 6.45) is 7.00. The maximum Gasteiger partial charge on any atom is 0.139 e. The molecule has 0 spiro atoms. The molecule has 2 aliphatic rings. The molecule has 1 fully saturated rings. The second-order valence-electron chi connectivity index (χ2n) is 7.97. The molecule has 1 aliphatic heterocycles. The average Bonchev–Trinajstić information content (AvgIpc) is 3.19. The van der Waals surface area contributed by atoms with Gasteiger partial charge in [0.1, 0.15) is 11.9 Å². The lowest BCUT2D eigenvalue weighted by Crippen LogP contribution is -2.39. The van der Waals surface area contributed by atoms with Crippen LogP contribution in [0.3, 0.4) is 0 Å². The summed E-state index contributed by atoms with van der Waals surface area (Å²) in [5.41, 5.74) is 12.3. The number of benzene rings is 2. The van der Waals surface area contributed by atoms with Crippen LogP contribution < -0.4 is 11.2 Å². The summed E-state index contributed by atoms with van der Waals surface area (Å²) in [6, 6.07) is 16.7. The van der Waals surface area contributed by atoms with Crippen LogP contribution in [0.4, 0.5) is 5.69 Å². The minimum Gasteiger partial charge on any atom is -0.506 e. The molecule has 5 nitrogen and oxygen atoms in total. The molecule has 1 saturated carbocycles. The average molecular weight is 380 g/mol. The highest BCUT2D eigenvalue weighted by Crippen LogP contribution is 2.34. The fourth-order valence-corrected chi connectivity index (χ4v) is 4.36. The highest BCUT2D eigenvalue weighted by atomic mass is 16.7. The molecule has 4 N–H and O–H groups in total. The maximum atomic E-state index is 9.82. The summed E-state index contributed by atoms with van der Waals surface area (Å²) in [7, 11) is 2.19. The molecule has 0 amide bonds. The zero-order valence-corrected chi connectivity index (χ0v) is 16.3. The van der Waals surface area contributed by atoms with Crippen LogP contribution in [0.15, 0.2) is 54.6 Å². The highest BCUT2D eigenvalue weighted by Gasteiger charge is 2.27. The van der Waals surface area contributed by atoms with Gasteiger partial charge in [0.15, 0.2) is 0 Å². The summed E-state index contributed by atoms with van der Waals surface area (Å²) in [5, 5.41) is 9.82. The topological polar surface area (TPSA) is 70.8 Å². The van der Waals surface area contributed by atoms with Crippen LogP contribution in [0.25, 0.3) is 5.70 Å². The van der Waals surface area contributed by atoms with Crippen molar-refractivity contribution in [3.8, 4) is 5.75 Å². The molecule has 0 aromatic heterocycles. The van der Waals surface area contributed by atoms with E-state index in [2.05, 4.69) is 53.8 Å². The van der Waals surface area contributed by atoms with E-state index in [1.165, 1.54) is 31.2 Å². The quantitative estimate of drug-likeness (QED) is 0.543. The zero-order chi connectivity index (χ0) is 19.5. The first kappa shape index (κ1) is 18.8. The second-order valence-corrected chi connectivity index (χ2v) is 7.97. The van der Waals surface area contributed by atoms with Crippen molar-refractivity contribution in [3.63, 3.8) is 0 Å². The summed E-state index contributed by atoms with van der Waals surface area (Å²) in [6.45, 7) is 0.845. The Morgan fingerprint density at radius 2 is 1.86 bits per heavy atom. The second kappa shape index (κ2) is 8.25. The molecule has 4 rings (SSSR count). The molecule has 2 aromatic rings. The highest BCUT2D eigenvalue weighted by molar-refractivity contribution is 5.69. The molecular weight excluding hydrogens is 350 g/mol. The van der Waals surface area contributed by atoms with Gasteiger partial charge < -0.3 is 15.7 Å². The Hall–Kier alpha value is -2.50. The molecule has 28 heavy (non-hydrogen) atoms. The Balaban J connectivity index is 1.31. The van der Waals surface area contributed by atoms with Gasteiger partial charge in [-0.15, -0.1) is 0 Å². The van der Waals surface area contributed by atoms with Crippen LogP contribution in [0, 0.1) is 0 Å². The fourth-order valence-electron chi connectivity index (χ4n) is 4.36. The molecule has 5 heteroatoms. The number of hydrogen-bond acceptors (Lipinski definition) is 5. The van der Waals surface area contributed by atoms with E-state index in [-0.39, 0.29) is 11.9 Å². The molecule has 1 atom stereocenters. The van der Waals surface area contributed by atoms with Gasteiger partial charge in [0, 0.05) is 18.2 Å². The van der Waals surface area contributed by atoms with Gasteiger partial charge in [-0.1, -0.05) is 36.4 Å². The number of nitrogens with two attached hydrogens (primary N) is 1. The summed E-state index contributed by atoms with van der Waals surface area (Å²) in [5.74, 6) is 0.788. The van der Waals surface area contributed by atoms with Gasteiger partial charge in [0.25, 0.3) is 0 Å². The van der Waals surface area contributed by atoms with Crippen LogP contribution in [0.5, 0.6) is 5.75 Å². The summed E-state index contributed by atoms with van der Waals surface area (Å²) in [4.78, 5) is 8.17. The van der Waals surface area contributed by atoms with E-state index < -0.39 is 0 Å². The van der Waals surface area contributed by atoms with Crippen LogP contribution >= 0.6 is 0 Å². The lowest BCUT2D eigenvalue weighted by molar-refractivity contribution is 0.0212. The largest absolute Gasteiger partial charge is 0.506 e. The van der Waals surface area contributed by atoms with Crippen molar-refractivity contribution in [2.75, 3.05) is 19.3 Å². The number of anilines is 1. The summed E-state index contributed by atoms with van der Waals surface area (Å²) < 4.78 is 0. The number of phenols is 1. The lowest BCUT2D eigenvalue weighted by Gasteiger charge is -2.35. The predicted octanol–water partition coefficient (Wildman–Crippen LogP) is 3.88. The van der Waals surface area contributed by atoms with Crippen molar-refractivity contribution < 1.29 is 9.94 Å². The number of hydrogen-bond donors (Lipinski definition) is 3. The van der Waals surface area contributed by atoms with Crippen molar-refractivity contribution in [2.45, 2.75) is 43.7 Å². The standard InChI is InChI=1S/C23H29N3O2/c1-26(19-10-7-17(8-11-19)16-5-3-2-4-6-16)15-20-14-22(25-28-20)18-9-12-21(24)23(27)13-18/h2-6,9,12-14,17,19-20,25,27H,7-8,10-11,15,24H2,1H3. The van der Waals surface area contributed by atoms with Gasteiger partial charge in [0.05, 0.1) is 11.4 Å². The van der Waals surface area contributed by atoms with E-state index in [0.29, 0.717) is 17.6 Å². The number of hydroxylamine groups is 1. The van der Waals surface area contributed by atoms with E-state index in [0.717, 1.165) is 17.8 Å². The van der Waals surface area contributed by atoms with Gasteiger partial charge in [-0.3, -0.25) is 10.3 Å². The number of likely N-dealkylation sites (N-methyl/N-ethyl adjacent to an activating group) is 1.